The van der Waals surface area contributed by atoms with E-state index < -0.39 is 18.8 Å². The van der Waals surface area contributed by atoms with E-state index in [4.69, 9.17) is 0 Å². The Morgan fingerprint density at radius 3 is 2.42 bits per heavy atom. The summed E-state index contributed by atoms with van der Waals surface area (Å²) in [5.41, 5.74) is 0.860. The number of rotatable bonds is 4. The van der Waals surface area contributed by atoms with Gasteiger partial charge in [-0.1, -0.05) is 30.3 Å². The summed E-state index contributed by atoms with van der Waals surface area (Å²) in [4.78, 5) is 12.7. The fourth-order valence-electron chi connectivity index (χ4n) is 1.82. The molecule has 1 aliphatic rings. The van der Waals surface area contributed by atoms with Gasteiger partial charge >= 0.3 is 12.2 Å². The van der Waals surface area contributed by atoms with Gasteiger partial charge in [-0.25, -0.2) is 4.79 Å². The predicted octanol–water partition coefficient (Wildman–Crippen LogP) is 2.92. The molecule has 6 heteroatoms. The standard InChI is InChI=1S/C13H15F3N2O/c14-13(15,16)9-18(11-6-7-11)12(19)17-8-10-4-2-1-3-5-10/h1-5,11H,6-9H2,(H,17,19). The third-order valence-corrected chi connectivity index (χ3v) is 2.88. The monoisotopic (exact) mass is 272 g/mol. The molecular weight excluding hydrogens is 257 g/mol. The fourth-order valence-corrected chi connectivity index (χ4v) is 1.82. The molecule has 1 aliphatic carbocycles. The number of benzene rings is 1. The van der Waals surface area contributed by atoms with Crippen molar-refractivity contribution in [1.29, 1.82) is 0 Å². The minimum atomic E-state index is -4.35. The number of halogens is 3. The molecule has 0 unspecified atom stereocenters. The van der Waals surface area contributed by atoms with Crippen LogP contribution < -0.4 is 5.32 Å². The van der Waals surface area contributed by atoms with E-state index in [9.17, 15) is 18.0 Å². The topological polar surface area (TPSA) is 32.3 Å². The molecule has 1 aromatic rings. The first-order valence-corrected chi connectivity index (χ1v) is 6.11. The number of hydrogen-bond acceptors (Lipinski definition) is 1. The highest BCUT2D eigenvalue weighted by Crippen LogP contribution is 2.30. The lowest BCUT2D eigenvalue weighted by molar-refractivity contribution is -0.141. The molecule has 0 heterocycles. The molecule has 1 saturated carbocycles. The molecular formula is C13H15F3N2O. The minimum Gasteiger partial charge on any atom is -0.334 e. The van der Waals surface area contributed by atoms with E-state index in [1.807, 2.05) is 30.3 Å². The number of nitrogens with zero attached hydrogens (tertiary/aromatic N) is 1. The Morgan fingerprint density at radius 2 is 1.89 bits per heavy atom. The third-order valence-electron chi connectivity index (χ3n) is 2.88. The van der Waals surface area contributed by atoms with Crippen molar-refractivity contribution in [3.05, 3.63) is 35.9 Å². The number of nitrogens with one attached hydrogen (secondary N) is 1. The molecule has 2 rings (SSSR count). The van der Waals surface area contributed by atoms with E-state index in [1.54, 1.807) is 0 Å². The second-order valence-electron chi connectivity index (χ2n) is 4.62. The lowest BCUT2D eigenvalue weighted by Crippen LogP contribution is -2.45. The molecule has 0 atom stereocenters. The summed E-state index contributed by atoms with van der Waals surface area (Å²) in [6.07, 6.45) is -3.06. The van der Waals surface area contributed by atoms with Gasteiger partial charge in [0.1, 0.15) is 6.54 Å². The van der Waals surface area contributed by atoms with E-state index in [0.717, 1.165) is 10.5 Å². The molecule has 0 saturated heterocycles. The van der Waals surface area contributed by atoms with Crippen LogP contribution in [0.2, 0.25) is 0 Å². The summed E-state index contributed by atoms with van der Waals surface area (Å²) in [7, 11) is 0. The zero-order valence-corrected chi connectivity index (χ0v) is 10.3. The second kappa shape index (κ2) is 5.50. The first-order valence-electron chi connectivity index (χ1n) is 6.11. The Labute approximate surface area is 109 Å². The number of urea groups is 1. The van der Waals surface area contributed by atoms with Crippen LogP contribution >= 0.6 is 0 Å². The number of carbonyl (C=O) groups is 1. The van der Waals surface area contributed by atoms with Gasteiger partial charge in [-0.3, -0.25) is 0 Å². The third kappa shape index (κ3) is 4.46. The number of amides is 2. The van der Waals surface area contributed by atoms with Crippen molar-refractivity contribution in [3.63, 3.8) is 0 Å². The molecule has 19 heavy (non-hydrogen) atoms. The highest BCUT2D eigenvalue weighted by molar-refractivity contribution is 5.75. The number of hydrogen-bond donors (Lipinski definition) is 1. The van der Waals surface area contributed by atoms with Crippen LogP contribution in [0.3, 0.4) is 0 Å². The molecule has 2 amide bonds. The molecule has 1 aromatic carbocycles. The molecule has 1 fully saturated rings. The van der Waals surface area contributed by atoms with E-state index in [-0.39, 0.29) is 12.6 Å². The first-order chi connectivity index (χ1) is 8.96. The van der Waals surface area contributed by atoms with Crippen LogP contribution in [0.25, 0.3) is 0 Å². The summed E-state index contributed by atoms with van der Waals surface area (Å²) >= 11 is 0. The predicted molar refractivity (Wildman–Crippen MR) is 64.5 cm³/mol. The maximum Gasteiger partial charge on any atom is 0.406 e. The Kier molecular flexibility index (Phi) is 3.97. The Morgan fingerprint density at radius 1 is 1.26 bits per heavy atom. The van der Waals surface area contributed by atoms with Gasteiger partial charge in [-0.15, -0.1) is 0 Å². The van der Waals surface area contributed by atoms with Crippen LogP contribution in [0, 0.1) is 0 Å². The van der Waals surface area contributed by atoms with Crippen molar-refractivity contribution >= 4 is 6.03 Å². The number of carbonyl (C=O) groups excluding carboxylic acids is 1. The molecule has 104 valence electrons. The summed E-state index contributed by atoms with van der Waals surface area (Å²) in [5.74, 6) is 0. The molecule has 0 aliphatic heterocycles. The van der Waals surface area contributed by atoms with Gasteiger partial charge in [-0.05, 0) is 18.4 Å². The summed E-state index contributed by atoms with van der Waals surface area (Å²) in [6.45, 7) is -0.945. The van der Waals surface area contributed by atoms with Gasteiger partial charge in [0.2, 0.25) is 0 Å². The molecule has 0 spiro atoms. The van der Waals surface area contributed by atoms with Crippen molar-refractivity contribution < 1.29 is 18.0 Å². The maximum absolute atomic E-state index is 12.4. The second-order valence-corrected chi connectivity index (χ2v) is 4.62. The Balaban J connectivity index is 1.89. The van der Waals surface area contributed by atoms with E-state index in [0.29, 0.717) is 12.8 Å². The van der Waals surface area contributed by atoms with Crippen LogP contribution in [0.4, 0.5) is 18.0 Å². The van der Waals surface area contributed by atoms with Gasteiger partial charge in [0.05, 0.1) is 0 Å². The quantitative estimate of drug-likeness (QED) is 0.898. The molecule has 3 nitrogen and oxygen atoms in total. The lowest BCUT2D eigenvalue weighted by Gasteiger charge is -2.24. The van der Waals surface area contributed by atoms with Crippen molar-refractivity contribution in [1.82, 2.24) is 10.2 Å². The van der Waals surface area contributed by atoms with Crippen LogP contribution in [0.15, 0.2) is 30.3 Å². The average molecular weight is 272 g/mol. The van der Waals surface area contributed by atoms with Crippen molar-refractivity contribution in [3.8, 4) is 0 Å². The van der Waals surface area contributed by atoms with Gasteiger partial charge in [-0.2, -0.15) is 13.2 Å². The normalized spacial score (nSPS) is 15.1. The molecule has 0 aromatic heterocycles. The highest BCUT2D eigenvalue weighted by Gasteiger charge is 2.40. The SMILES string of the molecule is O=C(NCc1ccccc1)N(CC(F)(F)F)C1CC1. The van der Waals surface area contributed by atoms with Crippen LogP contribution in [-0.2, 0) is 6.54 Å². The van der Waals surface area contributed by atoms with Gasteiger partial charge in [0.25, 0.3) is 0 Å². The lowest BCUT2D eigenvalue weighted by atomic mass is 10.2. The highest BCUT2D eigenvalue weighted by atomic mass is 19.4. The number of alkyl halides is 3. The summed E-state index contributed by atoms with van der Waals surface area (Å²) < 4.78 is 37.2. The Hall–Kier alpha value is -1.72. The van der Waals surface area contributed by atoms with Crippen LogP contribution in [-0.4, -0.2) is 29.7 Å². The smallest absolute Gasteiger partial charge is 0.334 e. The maximum atomic E-state index is 12.4. The van der Waals surface area contributed by atoms with Crippen LogP contribution in [0.1, 0.15) is 18.4 Å². The van der Waals surface area contributed by atoms with Gasteiger partial charge in [0.15, 0.2) is 0 Å². The van der Waals surface area contributed by atoms with Gasteiger partial charge < -0.3 is 10.2 Å². The zero-order chi connectivity index (χ0) is 13.9. The zero-order valence-electron chi connectivity index (χ0n) is 10.3. The van der Waals surface area contributed by atoms with E-state index >= 15 is 0 Å². The summed E-state index contributed by atoms with van der Waals surface area (Å²) in [5, 5.41) is 2.53. The van der Waals surface area contributed by atoms with Crippen molar-refractivity contribution in [2.45, 2.75) is 31.6 Å². The van der Waals surface area contributed by atoms with E-state index in [1.165, 1.54) is 0 Å². The summed E-state index contributed by atoms with van der Waals surface area (Å²) in [6, 6.07) is 8.18. The van der Waals surface area contributed by atoms with E-state index in [2.05, 4.69) is 5.32 Å². The fraction of sp³-hybridized carbons (Fsp3) is 0.462. The van der Waals surface area contributed by atoms with Gasteiger partial charge in [0, 0.05) is 12.6 Å². The minimum absolute atomic E-state index is 0.237. The largest absolute Gasteiger partial charge is 0.406 e. The molecule has 0 bridgehead atoms. The van der Waals surface area contributed by atoms with Crippen molar-refractivity contribution in [2.24, 2.45) is 0 Å². The molecule has 0 radical (unpaired) electrons. The van der Waals surface area contributed by atoms with Crippen LogP contribution in [0.5, 0.6) is 0 Å². The van der Waals surface area contributed by atoms with Crippen molar-refractivity contribution in [2.75, 3.05) is 6.54 Å². The average Bonchev–Trinajstić information content (AvgIpc) is 3.17. The first kappa shape index (κ1) is 13.7. The molecule has 1 N–H and O–H groups in total. The Bertz CT molecular complexity index is 429.